The molecule has 1 nitrogen and oxygen atoms in total. The molecular formula is C9H14ClNS. The average Bonchev–Trinajstić information content (AvgIpc) is 2.51. The van der Waals surface area contributed by atoms with Gasteiger partial charge in [0.25, 0.3) is 0 Å². The molecule has 0 fully saturated rings. The molecule has 0 saturated carbocycles. The van der Waals surface area contributed by atoms with Crippen LogP contribution in [-0.4, -0.2) is 10.9 Å². The van der Waals surface area contributed by atoms with E-state index in [9.17, 15) is 0 Å². The van der Waals surface area contributed by atoms with Gasteiger partial charge in [-0.15, -0.1) is 22.9 Å². The molecule has 0 bridgehead atoms. The third-order valence-electron chi connectivity index (χ3n) is 2.06. The summed E-state index contributed by atoms with van der Waals surface area (Å²) in [7, 11) is 0. The van der Waals surface area contributed by atoms with Gasteiger partial charge in [0, 0.05) is 23.9 Å². The quantitative estimate of drug-likeness (QED) is 0.685. The zero-order chi connectivity index (χ0) is 8.97. The van der Waals surface area contributed by atoms with Crippen molar-refractivity contribution < 1.29 is 0 Å². The number of halogens is 1. The molecule has 1 unspecified atom stereocenters. The molecule has 0 aliphatic rings. The summed E-state index contributed by atoms with van der Waals surface area (Å²) >= 11 is 7.57. The predicted octanol–water partition coefficient (Wildman–Crippen LogP) is 3.20. The highest BCUT2D eigenvalue weighted by Crippen LogP contribution is 2.19. The Morgan fingerprint density at radius 3 is 2.75 bits per heavy atom. The lowest BCUT2D eigenvalue weighted by Gasteiger charge is -2.15. The van der Waals surface area contributed by atoms with Crippen LogP contribution in [0.3, 0.4) is 0 Å². The summed E-state index contributed by atoms with van der Waals surface area (Å²) in [5.41, 5.74) is 0. The van der Waals surface area contributed by atoms with Gasteiger partial charge in [0.2, 0.25) is 0 Å². The molecule has 1 aromatic heterocycles. The van der Waals surface area contributed by atoms with Crippen molar-refractivity contribution >= 4 is 22.9 Å². The summed E-state index contributed by atoms with van der Waals surface area (Å²) < 4.78 is 0. The Morgan fingerprint density at radius 2 is 2.33 bits per heavy atom. The van der Waals surface area contributed by atoms with E-state index >= 15 is 0 Å². The normalized spacial score (nSPS) is 13.7. The Bertz CT molecular complexity index is 208. The molecule has 0 aromatic carbocycles. The van der Waals surface area contributed by atoms with E-state index in [1.54, 1.807) is 11.3 Å². The third kappa shape index (κ3) is 2.76. The van der Waals surface area contributed by atoms with E-state index < -0.39 is 0 Å². The molecule has 0 spiro atoms. The number of thiazole rings is 1. The van der Waals surface area contributed by atoms with Crippen LogP contribution in [0.25, 0.3) is 0 Å². The second kappa shape index (κ2) is 4.83. The zero-order valence-corrected chi connectivity index (χ0v) is 9.03. The Hall–Kier alpha value is -0.0800. The first-order valence-electron chi connectivity index (χ1n) is 4.18. The molecule has 0 N–H and O–H groups in total. The fourth-order valence-electron chi connectivity index (χ4n) is 1.05. The molecule has 1 heterocycles. The Morgan fingerprint density at radius 1 is 1.58 bits per heavy atom. The van der Waals surface area contributed by atoms with E-state index in [1.165, 1.54) is 5.01 Å². The van der Waals surface area contributed by atoms with E-state index in [0.717, 1.165) is 12.3 Å². The van der Waals surface area contributed by atoms with Gasteiger partial charge < -0.3 is 0 Å². The lowest BCUT2D eigenvalue weighted by atomic mass is 9.95. The lowest BCUT2D eigenvalue weighted by molar-refractivity contribution is 0.422. The van der Waals surface area contributed by atoms with Crippen molar-refractivity contribution in [2.24, 2.45) is 11.8 Å². The van der Waals surface area contributed by atoms with Crippen LogP contribution in [0.4, 0.5) is 0 Å². The molecule has 0 aliphatic carbocycles. The van der Waals surface area contributed by atoms with Crippen LogP contribution in [0, 0.1) is 11.8 Å². The molecule has 0 aliphatic heterocycles. The first-order chi connectivity index (χ1) is 5.74. The minimum Gasteiger partial charge on any atom is -0.250 e. The largest absolute Gasteiger partial charge is 0.250 e. The highest BCUT2D eigenvalue weighted by molar-refractivity contribution is 7.09. The van der Waals surface area contributed by atoms with Gasteiger partial charge in [-0.25, -0.2) is 4.98 Å². The number of hydrogen-bond acceptors (Lipinski definition) is 2. The molecule has 68 valence electrons. The fourth-order valence-corrected chi connectivity index (χ4v) is 2.22. The van der Waals surface area contributed by atoms with Gasteiger partial charge in [-0.2, -0.15) is 0 Å². The molecule has 3 heteroatoms. The van der Waals surface area contributed by atoms with Crippen molar-refractivity contribution in [3.05, 3.63) is 16.6 Å². The average molecular weight is 204 g/mol. The highest BCUT2D eigenvalue weighted by Gasteiger charge is 2.13. The van der Waals surface area contributed by atoms with E-state index in [1.807, 2.05) is 11.6 Å². The summed E-state index contributed by atoms with van der Waals surface area (Å²) in [6, 6.07) is 0. The molecule has 12 heavy (non-hydrogen) atoms. The monoisotopic (exact) mass is 203 g/mol. The SMILES string of the molecule is CC(C)C(CCl)Cc1nccs1. The molecule has 0 saturated heterocycles. The first-order valence-corrected chi connectivity index (χ1v) is 5.59. The van der Waals surface area contributed by atoms with Gasteiger partial charge in [-0.05, 0) is 11.8 Å². The smallest absolute Gasteiger partial charge is 0.0928 e. The van der Waals surface area contributed by atoms with Crippen LogP contribution >= 0.6 is 22.9 Å². The van der Waals surface area contributed by atoms with Crippen molar-refractivity contribution in [3.8, 4) is 0 Å². The molecule has 1 atom stereocenters. The van der Waals surface area contributed by atoms with Gasteiger partial charge in [-0.1, -0.05) is 13.8 Å². The van der Waals surface area contributed by atoms with Gasteiger partial charge >= 0.3 is 0 Å². The molecule has 1 aromatic rings. The number of nitrogens with zero attached hydrogens (tertiary/aromatic N) is 1. The maximum atomic E-state index is 5.86. The fraction of sp³-hybridized carbons (Fsp3) is 0.667. The minimum absolute atomic E-state index is 0.567. The van der Waals surface area contributed by atoms with E-state index in [2.05, 4.69) is 18.8 Å². The predicted molar refractivity (Wildman–Crippen MR) is 54.9 cm³/mol. The summed E-state index contributed by atoms with van der Waals surface area (Å²) in [5, 5.41) is 3.22. The van der Waals surface area contributed by atoms with Crippen molar-refractivity contribution in [2.75, 3.05) is 5.88 Å². The van der Waals surface area contributed by atoms with Crippen LogP contribution in [0.15, 0.2) is 11.6 Å². The van der Waals surface area contributed by atoms with E-state index in [4.69, 9.17) is 11.6 Å². The maximum absolute atomic E-state index is 5.86. The summed E-state index contributed by atoms with van der Waals surface area (Å²) in [6.45, 7) is 4.42. The van der Waals surface area contributed by atoms with Crippen LogP contribution < -0.4 is 0 Å². The Balaban J connectivity index is 2.48. The van der Waals surface area contributed by atoms with Gasteiger partial charge in [0.15, 0.2) is 0 Å². The number of alkyl halides is 1. The van der Waals surface area contributed by atoms with Gasteiger partial charge in [0.1, 0.15) is 0 Å². The Labute approximate surface area is 82.8 Å². The zero-order valence-electron chi connectivity index (χ0n) is 7.46. The lowest BCUT2D eigenvalue weighted by Crippen LogP contribution is -2.13. The van der Waals surface area contributed by atoms with Crippen LogP contribution in [0.5, 0.6) is 0 Å². The second-order valence-electron chi connectivity index (χ2n) is 3.29. The second-order valence-corrected chi connectivity index (χ2v) is 4.58. The maximum Gasteiger partial charge on any atom is 0.0928 e. The van der Waals surface area contributed by atoms with Gasteiger partial charge in [0.05, 0.1) is 5.01 Å². The topological polar surface area (TPSA) is 12.9 Å². The van der Waals surface area contributed by atoms with Crippen molar-refractivity contribution in [3.63, 3.8) is 0 Å². The van der Waals surface area contributed by atoms with Crippen LogP contribution in [0.1, 0.15) is 18.9 Å². The van der Waals surface area contributed by atoms with Gasteiger partial charge in [-0.3, -0.25) is 0 Å². The van der Waals surface area contributed by atoms with Crippen LogP contribution in [-0.2, 0) is 6.42 Å². The van der Waals surface area contributed by atoms with E-state index in [0.29, 0.717) is 11.8 Å². The number of rotatable bonds is 4. The standard InChI is InChI=1S/C9H14ClNS/c1-7(2)8(6-10)5-9-11-3-4-12-9/h3-4,7-8H,5-6H2,1-2H3. The van der Waals surface area contributed by atoms with E-state index in [-0.39, 0.29) is 0 Å². The van der Waals surface area contributed by atoms with Crippen molar-refractivity contribution in [1.29, 1.82) is 0 Å². The molecule has 0 amide bonds. The molecular weight excluding hydrogens is 190 g/mol. The minimum atomic E-state index is 0.567. The summed E-state index contributed by atoms with van der Waals surface area (Å²) in [6.07, 6.45) is 2.88. The van der Waals surface area contributed by atoms with Crippen molar-refractivity contribution in [1.82, 2.24) is 4.98 Å². The highest BCUT2D eigenvalue weighted by atomic mass is 35.5. The number of hydrogen-bond donors (Lipinski definition) is 0. The third-order valence-corrected chi connectivity index (χ3v) is 3.26. The molecule has 1 rings (SSSR count). The summed E-state index contributed by atoms with van der Waals surface area (Å²) in [5.74, 6) is 1.95. The molecule has 0 radical (unpaired) electrons. The number of aromatic nitrogens is 1. The van der Waals surface area contributed by atoms with Crippen LogP contribution in [0.2, 0.25) is 0 Å². The first kappa shape index (κ1) is 10.0. The Kier molecular flexibility index (Phi) is 4.02. The van der Waals surface area contributed by atoms with Crippen molar-refractivity contribution in [2.45, 2.75) is 20.3 Å². The summed E-state index contributed by atoms with van der Waals surface area (Å²) in [4.78, 5) is 4.25.